The highest BCUT2D eigenvalue weighted by Gasteiger charge is 2.32. The van der Waals surface area contributed by atoms with Crippen LogP contribution in [0.5, 0.6) is 5.75 Å². The lowest BCUT2D eigenvalue weighted by Crippen LogP contribution is -2.39. The molecule has 0 saturated carbocycles. The molecule has 1 aliphatic heterocycles. The van der Waals surface area contributed by atoms with Gasteiger partial charge >= 0.3 is 0 Å². The van der Waals surface area contributed by atoms with E-state index in [1.165, 1.54) is 13.3 Å². The van der Waals surface area contributed by atoms with Crippen LogP contribution in [0.1, 0.15) is 52.6 Å². The molecule has 7 nitrogen and oxygen atoms in total. The molecule has 0 bridgehead atoms. The number of hydrogen-bond acceptors (Lipinski definition) is 5. The Morgan fingerprint density at radius 1 is 1.23 bits per heavy atom. The minimum atomic E-state index is -0.656. The standard InChI is InChI=1S/C27H34FN5O2/c1-7-31(4)10-8-19-12-22(24-16-32(5)30-17(24)2)21-9-11-33(27(34)23(21)13-19)18(3)20-14-25(35-6)26(28)29-15-20/h12-16,18H,7-11H2,1-6H3/t18-/m0/s1. The number of halogens is 1. The van der Waals surface area contributed by atoms with Gasteiger partial charge in [-0.2, -0.15) is 9.49 Å². The molecule has 1 aromatic carbocycles. The van der Waals surface area contributed by atoms with Crippen LogP contribution >= 0.6 is 0 Å². The van der Waals surface area contributed by atoms with Gasteiger partial charge in [-0.05, 0) is 74.7 Å². The van der Waals surface area contributed by atoms with Gasteiger partial charge in [-0.25, -0.2) is 4.98 Å². The van der Waals surface area contributed by atoms with Gasteiger partial charge in [0.2, 0.25) is 0 Å². The summed E-state index contributed by atoms with van der Waals surface area (Å²) >= 11 is 0. The lowest BCUT2D eigenvalue weighted by molar-refractivity contribution is 0.0672. The number of methoxy groups -OCH3 is 1. The highest BCUT2D eigenvalue weighted by Crippen LogP contribution is 2.36. The molecule has 2 aromatic heterocycles. The second-order valence-electron chi connectivity index (χ2n) is 9.30. The maximum absolute atomic E-state index is 13.9. The first-order chi connectivity index (χ1) is 16.7. The monoisotopic (exact) mass is 479 g/mol. The Morgan fingerprint density at radius 3 is 2.63 bits per heavy atom. The maximum atomic E-state index is 13.9. The highest BCUT2D eigenvalue weighted by molar-refractivity contribution is 5.99. The molecule has 1 amide bonds. The van der Waals surface area contributed by atoms with Gasteiger partial charge in [-0.15, -0.1) is 0 Å². The van der Waals surface area contributed by atoms with Crippen molar-refractivity contribution >= 4 is 5.91 Å². The van der Waals surface area contributed by atoms with Crippen molar-refractivity contribution in [1.29, 1.82) is 0 Å². The van der Waals surface area contributed by atoms with Crippen LogP contribution in [0.4, 0.5) is 4.39 Å². The molecule has 8 heteroatoms. The van der Waals surface area contributed by atoms with Gasteiger partial charge in [-0.1, -0.05) is 13.0 Å². The van der Waals surface area contributed by atoms with Crippen molar-refractivity contribution in [2.45, 2.75) is 39.7 Å². The van der Waals surface area contributed by atoms with Gasteiger partial charge in [-0.3, -0.25) is 9.48 Å². The van der Waals surface area contributed by atoms with Gasteiger partial charge in [0.25, 0.3) is 11.9 Å². The Morgan fingerprint density at radius 2 is 1.97 bits per heavy atom. The molecule has 3 heterocycles. The smallest absolute Gasteiger partial charge is 0.255 e. The summed E-state index contributed by atoms with van der Waals surface area (Å²) in [4.78, 5) is 21.8. The molecule has 3 aromatic rings. The van der Waals surface area contributed by atoms with Gasteiger partial charge in [0.05, 0.1) is 18.8 Å². The van der Waals surface area contributed by atoms with Crippen molar-refractivity contribution in [2.24, 2.45) is 7.05 Å². The SMILES string of the molecule is CCN(C)CCc1cc2c(c(-c3cn(C)nc3C)c1)CCN([C@@H](C)c1cnc(F)c(OC)c1)C2=O. The average Bonchev–Trinajstić information content (AvgIpc) is 3.19. The number of aromatic nitrogens is 3. The van der Waals surface area contributed by atoms with Crippen LogP contribution in [0.25, 0.3) is 11.1 Å². The summed E-state index contributed by atoms with van der Waals surface area (Å²) in [6.07, 6.45) is 5.09. The molecule has 186 valence electrons. The molecule has 0 radical (unpaired) electrons. The van der Waals surface area contributed by atoms with Crippen molar-refractivity contribution in [3.8, 4) is 16.9 Å². The number of pyridine rings is 1. The van der Waals surface area contributed by atoms with E-state index in [0.29, 0.717) is 6.54 Å². The van der Waals surface area contributed by atoms with Crippen LogP contribution in [-0.4, -0.2) is 64.3 Å². The fraction of sp³-hybridized carbons (Fsp3) is 0.444. The van der Waals surface area contributed by atoms with E-state index in [-0.39, 0.29) is 17.7 Å². The number of benzene rings is 1. The Labute approximate surface area is 206 Å². The van der Waals surface area contributed by atoms with E-state index < -0.39 is 5.95 Å². The van der Waals surface area contributed by atoms with E-state index in [9.17, 15) is 9.18 Å². The lowest BCUT2D eigenvalue weighted by atomic mass is 9.87. The fourth-order valence-electron chi connectivity index (χ4n) is 4.77. The molecule has 0 fully saturated rings. The number of aryl methyl sites for hydroxylation is 2. The molecule has 0 spiro atoms. The van der Waals surface area contributed by atoms with E-state index >= 15 is 0 Å². The molecule has 1 atom stereocenters. The van der Waals surface area contributed by atoms with Gasteiger partial charge < -0.3 is 14.5 Å². The number of ether oxygens (including phenoxy) is 1. The second-order valence-corrected chi connectivity index (χ2v) is 9.30. The number of rotatable bonds is 8. The van der Waals surface area contributed by atoms with Crippen LogP contribution in [0.3, 0.4) is 0 Å². The first-order valence-corrected chi connectivity index (χ1v) is 12.1. The third-order valence-electron chi connectivity index (χ3n) is 7.03. The van der Waals surface area contributed by atoms with Gasteiger partial charge in [0.1, 0.15) is 0 Å². The lowest BCUT2D eigenvalue weighted by Gasteiger charge is -2.35. The van der Waals surface area contributed by atoms with Crippen LogP contribution in [0.15, 0.2) is 30.6 Å². The third kappa shape index (κ3) is 4.93. The summed E-state index contributed by atoms with van der Waals surface area (Å²) in [6.45, 7) is 8.54. The predicted octanol–water partition coefficient (Wildman–Crippen LogP) is 4.19. The number of nitrogens with zero attached hydrogens (tertiary/aromatic N) is 5. The maximum Gasteiger partial charge on any atom is 0.255 e. The minimum absolute atomic E-state index is 0.0180. The quantitative estimate of drug-likeness (QED) is 0.454. The van der Waals surface area contributed by atoms with E-state index in [4.69, 9.17) is 4.74 Å². The number of carbonyl (C=O) groups is 1. The molecule has 0 saturated heterocycles. The number of hydrogen-bond donors (Lipinski definition) is 0. The Hall–Kier alpha value is -3.26. The summed E-state index contributed by atoms with van der Waals surface area (Å²) < 4.78 is 20.8. The molecule has 0 N–H and O–H groups in total. The van der Waals surface area contributed by atoms with Crippen molar-refractivity contribution < 1.29 is 13.9 Å². The Kier molecular flexibility index (Phi) is 7.21. The molecule has 0 unspecified atom stereocenters. The molecule has 1 aliphatic rings. The van der Waals surface area contributed by atoms with Crippen molar-refractivity contribution in [3.05, 3.63) is 64.5 Å². The van der Waals surface area contributed by atoms with Crippen molar-refractivity contribution in [3.63, 3.8) is 0 Å². The first kappa shape index (κ1) is 24.9. The Bertz CT molecular complexity index is 1240. The van der Waals surface area contributed by atoms with Gasteiger partial charge in [0.15, 0.2) is 5.75 Å². The first-order valence-electron chi connectivity index (χ1n) is 12.1. The second kappa shape index (κ2) is 10.2. The van der Waals surface area contributed by atoms with E-state index in [1.54, 1.807) is 6.07 Å². The van der Waals surface area contributed by atoms with E-state index in [0.717, 1.165) is 65.0 Å². The number of amides is 1. The van der Waals surface area contributed by atoms with Crippen LogP contribution < -0.4 is 4.74 Å². The molecule has 4 rings (SSSR count). The molecule has 0 aliphatic carbocycles. The van der Waals surface area contributed by atoms with Crippen molar-refractivity contribution in [1.82, 2.24) is 24.6 Å². The number of fused-ring (bicyclic) bond motifs is 1. The number of likely N-dealkylation sites (N-methyl/N-ethyl adjacent to an activating group) is 1. The molecular formula is C27H34FN5O2. The minimum Gasteiger partial charge on any atom is -0.492 e. The number of carbonyl (C=O) groups excluding carboxylic acids is 1. The summed E-state index contributed by atoms with van der Waals surface area (Å²) in [5.41, 5.74) is 6.78. The van der Waals surface area contributed by atoms with E-state index in [1.807, 2.05) is 36.7 Å². The average molecular weight is 480 g/mol. The summed E-state index contributed by atoms with van der Waals surface area (Å²) in [6, 6.07) is 5.64. The van der Waals surface area contributed by atoms with Gasteiger partial charge in [0, 0.05) is 43.7 Å². The predicted molar refractivity (Wildman–Crippen MR) is 134 cm³/mol. The topological polar surface area (TPSA) is 63.5 Å². The molecular weight excluding hydrogens is 445 g/mol. The zero-order valence-corrected chi connectivity index (χ0v) is 21.4. The largest absolute Gasteiger partial charge is 0.492 e. The van der Waals surface area contributed by atoms with Crippen LogP contribution in [0, 0.1) is 12.9 Å². The Balaban J connectivity index is 1.74. The van der Waals surface area contributed by atoms with Crippen LogP contribution in [0.2, 0.25) is 0 Å². The third-order valence-corrected chi connectivity index (χ3v) is 7.03. The summed E-state index contributed by atoms with van der Waals surface area (Å²) in [5, 5.41) is 4.54. The van der Waals surface area contributed by atoms with Crippen molar-refractivity contribution in [2.75, 3.05) is 33.8 Å². The normalized spacial score (nSPS) is 14.4. The van der Waals surface area contributed by atoms with E-state index in [2.05, 4.69) is 41.1 Å². The zero-order valence-electron chi connectivity index (χ0n) is 21.4. The zero-order chi connectivity index (χ0) is 25.3. The fourth-order valence-corrected chi connectivity index (χ4v) is 4.77. The highest BCUT2D eigenvalue weighted by atomic mass is 19.1. The summed E-state index contributed by atoms with van der Waals surface area (Å²) in [7, 11) is 5.43. The summed E-state index contributed by atoms with van der Waals surface area (Å²) in [5.74, 6) is -0.594. The molecule has 35 heavy (non-hydrogen) atoms. The van der Waals surface area contributed by atoms with Crippen LogP contribution in [-0.2, 0) is 19.9 Å².